The Balaban J connectivity index is 2.48. The summed E-state index contributed by atoms with van der Waals surface area (Å²) in [5, 5.41) is 20.0. The van der Waals surface area contributed by atoms with Crippen LogP contribution in [0.1, 0.15) is 13.3 Å². The minimum absolute atomic E-state index is 0.196. The second-order valence-electron chi connectivity index (χ2n) is 4.68. The number of benzene rings is 1. The minimum Gasteiger partial charge on any atom is -0.481 e. The lowest BCUT2D eigenvalue weighted by molar-refractivity contribution is -0.386. The first kappa shape index (κ1) is 14.2. The van der Waals surface area contributed by atoms with Crippen molar-refractivity contribution in [3.05, 3.63) is 33.9 Å². The predicted molar refractivity (Wildman–Crippen MR) is 65.6 cm³/mol. The Morgan fingerprint density at radius 1 is 1.50 bits per heavy atom. The number of carbonyl (C=O) groups is 1. The molecule has 0 radical (unpaired) electrons. The van der Waals surface area contributed by atoms with Gasteiger partial charge in [-0.3, -0.25) is 14.9 Å². The van der Waals surface area contributed by atoms with Gasteiger partial charge in [-0.25, -0.2) is 4.39 Å². The number of carboxylic acid groups (broad SMARTS) is 1. The summed E-state index contributed by atoms with van der Waals surface area (Å²) in [5.74, 6) is -3.95. The molecular weight excluding hydrogens is 274 g/mol. The Bertz CT molecular complexity index is 579. The predicted octanol–water partition coefficient (Wildman–Crippen LogP) is 2.17. The summed E-state index contributed by atoms with van der Waals surface area (Å²) in [6, 6.07) is 0.728. The number of carboxylic acids is 1. The van der Waals surface area contributed by atoms with Gasteiger partial charge in [-0.15, -0.1) is 0 Å². The third kappa shape index (κ3) is 2.28. The van der Waals surface area contributed by atoms with Crippen LogP contribution in [0, 0.1) is 27.7 Å². The molecule has 1 fully saturated rings. The first-order valence-electron chi connectivity index (χ1n) is 5.95. The first-order valence-corrected chi connectivity index (χ1v) is 5.95. The molecule has 20 heavy (non-hydrogen) atoms. The van der Waals surface area contributed by atoms with Gasteiger partial charge in [0.1, 0.15) is 11.5 Å². The average Bonchev–Trinajstić information content (AvgIpc) is 2.69. The Kier molecular flexibility index (Phi) is 3.56. The maximum atomic E-state index is 13.6. The summed E-state index contributed by atoms with van der Waals surface area (Å²) in [4.78, 5) is 22.4. The maximum Gasteiger partial charge on any atom is 0.328 e. The summed E-state index contributed by atoms with van der Waals surface area (Å²) < 4.78 is 26.9. The van der Waals surface area contributed by atoms with Crippen LogP contribution in [0.4, 0.5) is 20.2 Å². The van der Waals surface area contributed by atoms with Crippen LogP contribution < -0.4 is 4.90 Å². The van der Waals surface area contributed by atoms with Gasteiger partial charge in [0.25, 0.3) is 0 Å². The highest BCUT2D eigenvalue weighted by molar-refractivity contribution is 5.74. The van der Waals surface area contributed by atoms with Crippen molar-refractivity contribution in [2.45, 2.75) is 19.4 Å². The monoisotopic (exact) mass is 286 g/mol. The van der Waals surface area contributed by atoms with Gasteiger partial charge >= 0.3 is 11.7 Å². The van der Waals surface area contributed by atoms with E-state index in [0.29, 0.717) is 6.07 Å². The molecule has 0 spiro atoms. The normalized spacial score (nSPS) is 22.1. The van der Waals surface area contributed by atoms with E-state index in [9.17, 15) is 23.7 Å². The van der Waals surface area contributed by atoms with Crippen LogP contribution in [0.5, 0.6) is 0 Å². The number of nitrogens with zero attached hydrogens (tertiary/aromatic N) is 2. The lowest BCUT2D eigenvalue weighted by Gasteiger charge is -2.25. The van der Waals surface area contributed by atoms with Gasteiger partial charge in [-0.2, -0.15) is 4.39 Å². The van der Waals surface area contributed by atoms with Crippen molar-refractivity contribution in [2.24, 2.45) is 5.92 Å². The van der Waals surface area contributed by atoms with E-state index in [2.05, 4.69) is 0 Å². The molecule has 0 saturated carbocycles. The molecule has 6 nitrogen and oxygen atoms in total. The largest absolute Gasteiger partial charge is 0.481 e. The molecule has 2 unspecified atom stereocenters. The molecule has 108 valence electrons. The van der Waals surface area contributed by atoms with Crippen LogP contribution >= 0.6 is 0 Å². The van der Waals surface area contributed by atoms with Crippen LogP contribution in [0.2, 0.25) is 0 Å². The number of hydrogen-bond acceptors (Lipinski definition) is 4. The smallest absolute Gasteiger partial charge is 0.328 e. The van der Waals surface area contributed by atoms with Gasteiger partial charge in [-0.1, -0.05) is 0 Å². The summed E-state index contributed by atoms with van der Waals surface area (Å²) in [6.07, 6.45) is 0.270. The molecule has 8 heteroatoms. The van der Waals surface area contributed by atoms with E-state index < -0.39 is 40.2 Å². The Morgan fingerprint density at radius 3 is 2.65 bits per heavy atom. The van der Waals surface area contributed by atoms with Gasteiger partial charge in [0.2, 0.25) is 5.82 Å². The Labute approximate surface area is 112 Å². The molecule has 1 aliphatic rings. The Morgan fingerprint density at radius 2 is 2.15 bits per heavy atom. The van der Waals surface area contributed by atoms with Crippen LogP contribution in [-0.2, 0) is 4.79 Å². The molecule has 1 heterocycles. The zero-order valence-corrected chi connectivity index (χ0v) is 10.5. The van der Waals surface area contributed by atoms with Crippen molar-refractivity contribution >= 4 is 17.3 Å². The van der Waals surface area contributed by atoms with Crippen molar-refractivity contribution in [1.82, 2.24) is 0 Å². The number of nitro benzene ring substituents is 1. The van der Waals surface area contributed by atoms with Crippen molar-refractivity contribution in [3.8, 4) is 0 Å². The van der Waals surface area contributed by atoms with Crippen molar-refractivity contribution < 1.29 is 23.6 Å². The van der Waals surface area contributed by atoms with E-state index in [1.807, 2.05) is 0 Å². The molecule has 1 aromatic rings. The second-order valence-corrected chi connectivity index (χ2v) is 4.68. The molecule has 1 aliphatic heterocycles. The lowest BCUT2D eigenvalue weighted by Crippen LogP contribution is -2.33. The second kappa shape index (κ2) is 5.03. The maximum absolute atomic E-state index is 13.6. The van der Waals surface area contributed by atoms with Gasteiger partial charge in [-0.05, 0) is 13.3 Å². The molecule has 2 rings (SSSR count). The summed E-state index contributed by atoms with van der Waals surface area (Å²) >= 11 is 0. The fraction of sp³-hybridized carbons (Fsp3) is 0.417. The van der Waals surface area contributed by atoms with Crippen molar-refractivity contribution in [1.29, 1.82) is 0 Å². The highest BCUT2D eigenvalue weighted by Gasteiger charge is 2.39. The zero-order valence-electron chi connectivity index (χ0n) is 10.5. The van der Waals surface area contributed by atoms with E-state index in [1.165, 1.54) is 4.90 Å². The topological polar surface area (TPSA) is 83.7 Å². The minimum atomic E-state index is -1.27. The molecule has 0 aromatic heterocycles. The van der Waals surface area contributed by atoms with E-state index >= 15 is 0 Å². The van der Waals surface area contributed by atoms with Gasteiger partial charge in [0.15, 0.2) is 0 Å². The van der Waals surface area contributed by atoms with E-state index in [0.717, 1.165) is 6.07 Å². The molecule has 2 atom stereocenters. The fourth-order valence-corrected chi connectivity index (χ4v) is 2.56. The highest BCUT2D eigenvalue weighted by Crippen LogP contribution is 2.37. The molecule has 0 amide bonds. The number of hydrogen-bond donors (Lipinski definition) is 1. The third-order valence-corrected chi connectivity index (χ3v) is 3.57. The highest BCUT2D eigenvalue weighted by atomic mass is 19.1. The van der Waals surface area contributed by atoms with Crippen molar-refractivity contribution in [2.75, 3.05) is 11.4 Å². The summed E-state index contributed by atoms with van der Waals surface area (Å²) in [7, 11) is 0. The summed E-state index contributed by atoms with van der Waals surface area (Å²) in [6.45, 7) is 1.76. The lowest BCUT2D eigenvalue weighted by atomic mass is 10.0. The number of anilines is 1. The van der Waals surface area contributed by atoms with E-state index in [4.69, 9.17) is 5.11 Å². The quantitative estimate of drug-likeness (QED) is 0.680. The zero-order chi connectivity index (χ0) is 15.0. The SMILES string of the molecule is CC1C(C(=O)O)CCN1c1cc(F)cc(F)c1[N+](=O)[O-]. The van der Waals surface area contributed by atoms with Crippen LogP contribution in [0.25, 0.3) is 0 Å². The molecule has 1 saturated heterocycles. The summed E-state index contributed by atoms with van der Waals surface area (Å²) in [5.41, 5.74) is -1.05. The number of nitro groups is 1. The van der Waals surface area contributed by atoms with E-state index in [-0.39, 0.29) is 18.7 Å². The first-order chi connectivity index (χ1) is 9.32. The molecule has 0 aliphatic carbocycles. The van der Waals surface area contributed by atoms with Crippen LogP contribution in [0.3, 0.4) is 0 Å². The van der Waals surface area contributed by atoms with Gasteiger partial charge < -0.3 is 10.0 Å². The van der Waals surface area contributed by atoms with Crippen LogP contribution in [0.15, 0.2) is 12.1 Å². The van der Waals surface area contributed by atoms with E-state index in [1.54, 1.807) is 6.92 Å². The van der Waals surface area contributed by atoms with Crippen molar-refractivity contribution in [3.63, 3.8) is 0 Å². The molecular formula is C12H12F2N2O4. The number of rotatable bonds is 3. The third-order valence-electron chi connectivity index (χ3n) is 3.57. The number of halogens is 2. The van der Waals surface area contributed by atoms with Crippen LogP contribution in [-0.4, -0.2) is 28.6 Å². The standard InChI is InChI=1S/C12H12F2N2O4/c1-6-8(12(17)18)2-3-15(6)10-5-7(13)4-9(14)11(10)16(19)20/h4-6,8H,2-3H2,1H3,(H,17,18). The molecule has 1 aromatic carbocycles. The average molecular weight is 286 g/mol. The molecule has 0 bridgehead atoms. The Hall–Kier alpha value is -2.25. The fourth-order valence-electron chi connectivity index (χ4n) is 2.56. The molecule has 1 N–H and O–H groups in total. The van der Waals surface area contributed by atoms with Gasteiger partial charge in [0, 0.05) is 24.7 Å². The van der Waals surface area contributed by atoms with Gasteiger partial charge in [0.05, 0.1) is 10.8 Å². The number of aliphatic carboxylic acids is 1.